The van der Waals surface area contributed by atoms with Crippen molar-refractivity contribution in [3.05, 3.63) is 12.2 Å². The molecule has 0 aliphatic rings. The summed E-state index contributed by atoms with van der Waals surface area (Å²) in [5, 5.41) is 8.57. The topological polar surface area (TPSA) is 20.2 Å². The van der Waals surface area contributed by atoms with E-state index in [4.69, 9.17) is 5.11 Å². The minimum atomic E-state index is 0.216. The maximum Gasteiger partial charge on any atom is 0.0842 e. The molecule has 0 amide bonds. The van der Waals surface area contributed by atoms with Gasteiger partial charge in [-0.15, -0.1) is 0 Å². The first-order chi connectivity index (χ1) is 4.16. The van der Waals surface area contributed by atoms with Crippen LogP contribution in [0.2, 0.25) is 0 Å². The first kappa shape index (κ1) is 10.6. The third-order valence-electron chi connectivity index (χ3n) is 0.640. The zero-order valence-corrected chi connectivity index (χ0v) is 10.5. The van der Waals surface area contributed by atoms with Crippen molar-refractivity contribution in [1.82, 2.24) is 0 Å². The van der Waals surface area contributed by atoms with Gasteiger partial charge in [-0.05, 0) is 0 Å². The van der Waals surface area contributed by atoms with Crippen LogP contribution >= 0.6 is 61.1 Å². The molecule has 1 N–H and O–H groups in total. The average Bonchev–Trinajstić information content (AvgIpc) is 1.83. The smallest absolute Gasteiger partial charge is 0.0842 e. The summed E-state index contributed by atoms with van der Waals surface area (Å²) in [6.45, 7) is 0.216. The number of hydrogen-bond donors (Lipinski definition) is 1. The van der Waals surface area contributed by atoms with Gasteiger partial charge in [-0.2, -0.15) is 0 Å². The first-order valence-corrected chi connectivity index (χ1v) is 5.79. The van der Waals surface area contributed by atoms with Crippen molar-refractivity contribution in [3.8, 4) is 0 Å². The summed E-state index contributed by atoms with van der Waals surface area (Å²) in [7, 11) is 0. The van der Waals surface area contributed by atoms with Crippen molar-refractivity contribution in [2.24, 2.45) is 0 Å². The Morgan fingerprint density at radius 3 is 2.33 bits per heavy atom. The lowest BCUT2D eigenvalue weighted by molar-refractivity contribution is 0.311. The lowest BCUT2D eigenvalue weighted by Crippen LogP contribution is -1.98. The van der Waals surface area contributed by atoms with Crippen LogP contribution in [0.3, 0.4) is 0 Å². The highest BCUT2D eigenvalue weighted by Crippen LogP contribution is 2.11. The summed E-state index contributed by atoms with van der Waals surface area (Å²) in [4.78, 5) is 0. The molecule has 1 nitrogen and oxygen atoms in total. The minimum absolute atomic E-state index is 0.216. The van der Waals surface area contributed by atoms with Gasteiger partial charge < -0.3 is 5.11 Å². The molecule has 0 radical (unpaired) electrons. The van der Waals surface area contributed by atoms with Gasteiger partial charge in [-0.25, -0.2) is 0 Å². The summed E-state index contributed by atoms with van der Waals surface area (Å²) < 4.78 is 0.622. The Morgan fingerprint density at radius 2 is 2.00 bits per heavy atom. The zero-order chi connectivity index (χ0) is 7.28. The van der Waals surface area contributed by atoms with Crippen molar-refractivity contribution in [1.29, 1.82) is 0 Å². The molecule has 54 valence electrons. The van der Waals surface area contributed by atoms with E-state index in [1.165, 1.54) is 0 Å². The Balaban J connectivity index is 3.43. The van der Waals surface area contributed by atoms with Crippen molar-refractivity contribution < 1.29 is 5.11 Å². The van der Waals surface area contributed by atoms with Crippen molar-refractivity contribution in [2.75, 3.05) is 6.61 Å². The number of hydrogen-bond acceptors (Lipinski definition) is 1. The van der Waals surface area contributed by atoms with E-state index in [2.05, 4.69) is 61.1 Å². The van der Waals surface area contributed by atoms with Crippen LogP contribution in [0.15, 0.2) is 12.2 Å². The summed E-state index contributed by atoms with van der Waals surface area (Å²) in [5.74, 6) is 0. The second-order valence-electron chi connectivity index (χ2n) is 1.42. The largest absolute Gasteiger partial charge is 0.395 e. The van der Waals surface area contributed by atoms with E-state index in [1.807, 2.05) is 12.2 Å². The number of allylic oxidation sites excluding steroid dienone is 1. The van der Waals surface area contributed by atoms with Gasteiger partial charge in [-0.1, -0.05) is 73.3 Å². The number of aliphatic hydroxyl groups excluding tert-OH is 1. The molecule has 4 heteroatoms. The maximum atomic E-state index is 8.57. The molecule has 0 heterocycles. The normalized spacial score (nSPS) is 18.2. The van der Waals surface area contributed by atoms with E-state index in [0.717, 1.165) is 0 Å². The standard InChI is InChI=1S/C5H7BrI2O/c6-5(8)2-1-4(7)3-9/h1-2,4-5,9H,3H2. The van der Waals surface area contributed by atoms with E-state index in [0.29, 0.717) is 2.83 Å². The van der Waals surface area contributed by atoms with Crippen LogP contribution in [0.25, 0.3) is 0 Å². The van der Waals surface area contributed by atoms with Crippen LogP contribution in [0.1, 0.15) is 0 Å². The highest BCUT2D eigenvalue weighted by Gasteiger charge is 1.95. The van der Waals surface area contributed by atoms with E-state index in [1.54, 1.807) is 0 Å². The van der Waals surface area contributed by atoms with Gasteiger partial charge in [-0.3, -0.25) is 0 Å². The highest BCUT2D eigenvalue weighted by molar-refractivity contribution is 14.1. The fraction of sp³-hybridized carbons (Fsp3) is 0.600. The molecule has 0 bridgehead atoms. The minimum Gasteiger partial charge on any atom is -0.395 e. The zero-order valence-electron chi connectivity index (χ0n) is 4.60. The lowest BCUT2D eigenvalue weighted by atomic mass is 10.4. The summed E-state index contributed by atoms with van der Waals surface area (Å²) >= 11 is 7.76. The van der Waals surface area contributed by atoms with Crippen molar-refractivity contribution >= 4 is 61.1 Å². The molecule has 0 aliphatic carbocycles. The van der Waals surface area contributed by atoms with Crippen molar-refractivity contribution in [3.63, 3.8) is 0 Å². The molecule has 0 aliphatic heterocycles. The molecule has 0 saturated carbocycles. The maximum absolute atomic E-state index is 8.57. The van der Waals surface area contributed by atoms with E-state index in [-0.39, 0.29) is 10.5 Å². The molecule has 0 saturated heterocycles. The molecule has 0 aromatic carbocycles. The monoisotopic (exact) mass is 416 g/mol. The summed E-state index contributed by atoms with van der Waals surface area (Å²) in [6.07, 6.45) is 3.99. The third-order valence-corrected chi connectivity index (χ3v) is 2.17. The predicted molar refractivity (Wildman–Crippen MR) is 60.8 cm³/mol. The van der Waals surface area contributed by atoms with Crippen molar-refractivity contribution in [2.45, 2.75) is 6.76 Å². The molecule has 2 unspecified atom stereocenters. The predicted octanol–water partition coefficient (Wildman–Crippen LogP) is 2.49. The Bertz CT molecular complexity index is 95.0. The van der Waals surface area contributed by atoms with Gasteiger partial charge in [0.25, 0.3) is 0 Å². The molecule has 2 atom stereocenters. The molecule has 0 rings (SSSR count). The summed E-state index contributed by atoms with van der Waals surface area (Å²) in [5.41, 5.74) is 0. The molecule has 0 aromatic rings. The number of rotatable bonds is 3. The fourth-order valence-corrected chi connectivity index (χ4v) is 0.921. The molecule has 0 aromatic heterocycles. The average molecular weight is 417 g/mol. The van der Waals surface area contributed by atoms with Crippen LogP contribution in [0.5, 0.6) is 0 Å². The van der Waals surface area contributed by atoms with Crippen LogP contribution in [-0.4, -0.2) is 18.5 Å². The van der Waals surface area contributed by atoms with Crippen LogP contribution in [0.4, 0.5) is 0 Å². The molecule has 0 fully saturated rings. The quantitative estimate of drug-likeness (QED) is 0.426. The lowest BCUT2D eigenvalue weighted by Gasteiger charge is -1.96. The molecular weight excluding hydrogens is 410 g/mol. The van der Waals surface area contributed by atoms with E-state index < -0.39 is 0 Å². The van der Waals surface area contributed by atoms with Gasteiger partial charge in [0.1, 0.15) is 0 Å². The number of halogens is 3. The molecule has 0 spiro atoms. The first-order valence-electron chi connectivity index (χ1n) is 2.38. The third kappa shape index (κ3) is 7.54. The van der Waals surface area contributed by atoms with E-state index in [9.17, 15) is 0 Å². The van der Waals surface area contributed by atoms with Gasteiger partial charge >= 0.3 is 0 Å². The molecule has 9 heavy (non-hydrogen) atoms. The Labute approximate surface area is 90.7 Å². The summed E-state index contributed by atoms with van der Waals surface area (Å²) in [6, 6.07) is 0. The van der Waals surface area contributed by atoms with Gasteiger partial charge in [0, 0.05) is 0 Å². The Morgan fingerprint density at radius 1 is 1.44 bits per heavy atom. The van der Waals surface area contributed by atoms with E-state index >= 15 is 0 Å². The second-order valence-corrected chi connectivity index (χ2v) is 7.06. The Kier molecular flexibility index (Phi) is 7.51. The SMILES string of the molecule is OCC(I)C=CC(Br)I. The van der Waals surface area contributed by atoms with Crippen LogP contribution in [0, 0.1) is 0 Å². The Hall–Kier alpha value is 1.64. The molecular formula is C5H7BrI2O. The number of alkyl halides is 3. The highest BCUT2D eigenvalue weighted by atomic mass is 127. The van der Waals surface area contributed by atoms with Gasteiger partial charge in [0.2, 0.25) is 0 Å². The van der Waals surface area contributed by atoms with Gasteiger partial charge in [0.05, 0.1) is 13.4 Å². The van der Waals surface area contributed by atoms with Gasteiger partial charge in [0.15, 0.2) is 0 Å². The van der Waals surface area contributed by atoms with Crippen LogP contribution < -0.4 is 0 Å². The van der Waals surface area contributed by atoms with Crippen LogP contribution in [-0.2, 0) is 0 Å². The fourth-order valence-electron chi connectivity index (χ4n) is 0.265. The second kappa shape index (κ2) is 6.36. The number of aliphatic hydroxyl groups is 1.